The van der Waals surface area contributed by atoms with Gasteiger partial charge in [0.25, 0.3) is 0 Å². The van der Waals surface area contributed by atoms with Crippen molar-refractivity contribution in [3.05, 3.63) is 54.1 Å². The van der Waals surface area contributed by atoms with E-state index in [-0.39, 0.29) is 37.1 Å². The third kappa shape index (κ3) is 4.07. The van der Waals surface area contributed by atoms with Crippen molar-refractivity contribution in [3.63, 3.8) is 0 Å². The van der Waals surface area contributed by atoms with Crippen LogP contribution in [0.15, 0.2) is 58.4 Å². The van der Waals surface area contributed by atoms with Crippen molar-refractivity contribution in [1.29, 1.82) is 0 Å². The van der Waals surface area contributed by atoms with Gasteiger partial charge in [-0.25, -0.2) is 8.42 Å². The van der Waals surface area contributed by atoms with Crippen LogP contribution in [0.5, 0.6) is 5.88 Å². The molecule has 0 fully saturated rings. The summed E-state index contributed by atoms with van der Waals surface area (Å²) in [7, 11) is -3.88. The molecule has 0 saturated carbocycles. The second-order valence-corrected chi connectivity index (χ2v) is 7.98. The number of nitrogens with zero attached hydrogens (tertiary/aromatic N) is 2. The minimum atomic E-state index is -3.88. The molecule has 0 radical (unpaired) electrons. The molecule has 8 nitrogen and oxygen atoms in total. The molecule has 1 aromatic heterocycles. The second kappa shape index (κ2) is 8.53. The topological polar surface area (TPSA) is 126 Å². The molecule has 28 heavy (non-hydrogen) atoms. The van der Waals surface area contributed by atoms with Crippen molar-refractivity contribution in [1.82, 2.24) is 9.29 Å². The highest BCUT2D eigenvalue weighted by atomic mass is 32.2. The summed E-state index contributed by atoms with van der Waals surface area (Å²) in [6, 6.07) is 13.4. The Hall–Kier alpha value is -2.72. The van der Waals surface area contributed by atoms with E-state index in [1.807, 2.05) is 24.3 Å². The van der Waals surface area contributed by atoms with E-state index in [1.165, 1.54) is 18.3 Å². The van der Waals surface area contributed by atoms with E-state index in [0.717, 1.165) is 15.2 Å². The van der Waals surface area contributed by atoms with Gasteiger partial charge in [0.15, 0.2) is 5.88 Å². The molecule has 2 aromatic carbocycles. The van der Waals surface area contributed by atoms with Crippen LogP contribution in [0.2, 0.25) is 0 Å². The fraction of sp³-hybridized carbons (Fsp3) is 0.211. The van der Waals surface area contributed by atoms with E-state index in [0.29, 0.717) is 11.3 Å². The Morgan fingerprint density at radius 3 is 2.46 bits per heavy atom. The van der Waals surface area contributed by atoms with Crippen LogP contribution in [0.4, 0.5) is 5.69 Å². The number of fused-ring (bicyclic) bond motifs is 1. The molecule has 0 amide bonds. The molecule has 0 atom stereocenters. The fourth-order valence-electron chi connectivity index (χ4n) is 2.87. The molecule has 9 heteroatoms. The van der Waals surface area contributed by atoms with Gasteiger partial charge in [0.05, 0.1) is 29.4 Å². The van der Waals surface area contributed by atoms with Gasteiger partial charge in [-0.15, -0.1) is 0 Å². The van der Waals surface area contributed by atoms with Crippen LogP contribution >= 0.6 is 0 Å². The summed E-state index contributed by atoms with van der Waals surface area (Å²) in [5, 5.41) is 29.1. The molecule has 3 aromatic rings. The van der Waals surface area contributed by atoms with Gasteiger partial charge in [-0.2, -0.15) is 4.31 Å². The average Bonchev–Trinajstić information content (AvgIpc) is 3.01. The maximum Gasteiger partial charge on any atom is 0.243 e. The van der Waals surface area contributed by atoms with E-state index in [4.69, 9.17) is 10.2 Å². The number of hydrogen-bond donors (Lipinski definition) is 4. The number of rotatable bonds is 8. The molecular formula is C19H21N3O5S. The normalized spacial score (nSPS) is 12.4. The van der Waals surface area contributed by atoms with Crippen LogP contribution in [0, 0.1) is 0 Å². The first-order chi connectivity index (χ1) is 13.5. The number of H-pyrrole nitrogens is 1. The number of para-hydroxylation sites is 1. The lowest BCUT2D eigenvalue weighted by Crippen LogP contribution is -2.35. The predicted molar refractivity (Wildman–Crippen MR) is 107 cm³/mol. The zero-order valence-corrected chi connectivity index (χ0v) is 15.8. The first-order valence-electron chi connectivity index (χ1n) is 8.63. The summed E-state index contributed by atoms with van der Waals surface area (Å²) in [6.45, 7) is -0.924. The van der Waals surface area contributed by atoms with Gasteiger partial charge in [-0.05, 0) is 24.3 Å². The van der Waals surface area contributed by atoms with Crippen LogP contribution in [0.1, 0.15) is 5.56 Å². The number of aliphatic hydroxyl groups excluding tert-OH is 2. The molecule has 0 saturated heterocycles. The zero-order valence-electron chi connectivity index (χ0n) is 15.0. The number of aromatic amines is 1. The largest absolute Gasteiger partial charge is 0.494 e. The second-order valence-electron chi connectivity index (χ2n) is 6.04. The molecule has 0 aliphatic heterocycles. The predicted octanol–water partition coefficient (Wildman–Crippen LogP) is 1.60. The SMILES string of the molecule is O=S(=O)(c1cccc(N=Cc2c(O)[nH]c3ccccc23)c1)N(CCO)CCO. The highest BCUT2D eigenvalue weighted by Gasteiger charge is 2.23. The number of sulfonamides is 1. The summed E-state index contributed by atoms with van der Waals surface area (Å²) in [5.41, 5.74) is 1.66. The number of aliphatic hydroxyl groups is 2. The first-order valence-corrected chi connectivity index (χ1v) is 10.1. The van der Waals surface area contributed by atoms with E-state index < -0.39 is 10.0 Å². The summed E-state index contributed by atoms with van der Waals surface area (Å²) >= 11 is 0. The Kier molecular flexibility index (Phi) is 6.10. The smallest absolute Gasteiger partial charge is 0.243 e. The van der Waals surface area contributed by atoms with Crippen molar-refractivity contribution in [3.8, 4) is 5.88 Å². The van der Waals surface area contributed by atoms with Crippen LogP contribution in [0.25, 0.3) is 10.9 Å². The number of aromatic nitrogens is 1. The lowest BCUT2D eigenvalue weighted by molar-refractivity contribution is 0.217. The van der Waals surface area contributed by atoms with Crippen LogP contribution < -0.4 is 0 Å². The third-order valence-electron chi connectivity index (χ3n) is 4.22. The lowest BCUT2D eigenvalue weighted by atomic mass is 10.2. The van der Waals surface area contributed by atoms with Gasteiger partial charge in [0.2, 0.25) is 10.0 Å². The zero-order chi connectivity index (χ0) is 20.1. The lowest BCUT2D eigenvalue weighted by Gasteiger charge is -2.20. The summed E-state index contributed by atoms with van der Waals surface area (Å²) in [5.74, 6) is -0.0224. The Balaban J connectivity index is 1.93. The van der Waals surface area contributed by atoms with Crippen LogP contribution in [0.3, 0.4) is 0 Å². The maximum absolute atomic E-state index is 12.7. The van der Waals surface area contributed by atoms with Gasteiger partial charge < -0.3 is 20.3 Å². The Bertz CT molecular complexity index is 1090. The van der Waals surface area contributed by atoms with E-state index in [2.05, 4.69) is 9.98 Å². The van der Waals surface area contributed by atoms with Crippen molar-refractivity contribution in [2.45, 2.75) is 4.90 Å². The molecule has 0 spiro atoms. The van der Waals surface area contributed by atoms with Gasteiger partial charge in [0, 0.05) is 30.2 Å². The number of hydrogen-bond acceptors (Lipinski definition) is 6. The molecule has 0 bridgehead atoms. The summed E-state index contributed by atoms with van der Waals surface area (Å²) < 4.78 is 26.5. The summed E-state index contributed by atoms with van der Waals surface area (Å²) in [6.07, 6.45) is 1.47. The Labute approximate surface area is 162 Å². The van der Waals surface area contributed by atoms with Gasteiger partial charge in [0.1, 0.15) is 0 Å². The molecule has 3 rings (SSSR count). The minimum absolute atomic E-state index is 0.00667. The Morgan fingerprint density at radius 2 is 1.75 bits per heavy atom. The number of nitrogens with one attached hydrogen (secondary N) is 1. The van der Waals surface area contributed by atoms with E-state index >= 15 is 0 Å². The molecule has 0 aliphatic carbocycles. The van der Waals surface area contributed by atoms with Crippen molar-refractivity contribution in [2.75, 3.05) is 26.3 Å². The molecule has 1 heterocycles. The van der Waals surface area contributed by atoms with E-state index in [9.17, 15) is 13.5 Å². The number of aromatic hydroxyl groups is 1. The molecule has 4 N–H and O–H groups in total. The maximum atomic E-state index is 12.7. The minimum Gasteiger partial charge on any atom is -0.494 e. The van der Waals surface area contributed by atoms with Crippen LogP contribution in [-0.2, 0) is 10.0 Å². The van der Waals surface area contributed by atoms with E-state index in [1.54, 1.807) is 12.1 Å². The third-order valence-corrected chi connectivity index (χ3v) is 6.12. The number of benzene rings is 2. The van der Waals surface area contributed by atoms with Gasteiger partial charge in [-0.1, -0.05) is 24.3 Å². The van der Waals surface area contributed by atoms with Crippen molar-refractivity contribution in [2.24, 2.45) is 4.99 Å². The van der Waals surface area contributed by atoms with Gasteiger partial charge >= 0.3 is 0 Å². The highest BCUT2D eigenvalue weighted by Crippen LogP contribution is 2.27. The first kappa shape index (κ1) is 20.0. The molecule has 0 aliphatic rings. The molecule has 0 unspecified atom stereocenters. The summed E-state index contributed by atoms with van der Waals surface area (Å²) in [4.78, 5) is 7.16. The number of aliphatic imine (C=N–C) groups is 1. The van der Waals surface area contributed by atoms with Crippen molar-refractivity contribution < 1.29 is 23.7 Å². The fourth-order valence-corrected chi connectivity index (χ4v) is 4.33. The van der Waals surface area contributed by atoms with Crippen LogP contribution in [-0.4, -0.2) is 65.5 Å². The molecule has 148 valence electrons. The monoisotopic (exact) mass is 403 g/mol. The van der Waals surface area contributed by atoms with Gasteiger partial charge in [-0.3, -0.25) is 4.99 Å². The highest BCUT2D eigenvalue weighted by molar-refractivity contribution is 7.89. The van der Waals surface area contributed by atoms with Crippen molar-refractivity contribution >= 4 is 32.8 Å². The quantitative estimate of drug-likeness (QED) is 0.425. The molecular weight excluding hydrogens is 382 g/mol. The Morgan fingerprint density at radius 1 is 1.04 bits per heavy atom. The standard InChI is InChI=1S/C19H21N3O5S/c23-10-8-22(9-11-24)28(26,27)15-5-3-4-14(12-15)20-13-17-16-6-1-2-7-18(16)21-19(17)25/h1-7,12-13,21,23-25H,8-11H2. The average molecular weight is 403 g/mol.